The number of carbonyl (C=O) groups is 2. The molecular formula is C29H44NO6-. The molecule has 0 spiro atoms. The van der Waals surface area contributed by atoms with E-state index in [0.717, 1.165) is 37.0 Å². The molecule has 2 aliphatic rings. The van der Waals surface area contributed by atoms with E-state index < -0.39 is 18.3 Å². The fourth-order valence-electron chi connectivity index (χ4n) is 6.02. The molecule has 1 saturated carbocycles. The van der Waals surface area contributed by atoms with E-state index in [1.165, 1.54) is 6.42 Å². The third kappa shape index (κ3) is 7.53. The number of hydrogen-bond acceptors (Lipinski definition) is 5. The van der Waals surface area contributed by atoms with Crippen LogP contribution in [0.1, 0.15) is 71.4 Å². The molecule has 202 valence electrons. The molecule has 1 heterocycles. The molecule has 0 aromatic heterocycles. The van der Waals surface area contributed by atoms with Gasteiger partial charge in [0.2, 0.25) is 5.91 Å². The molecule has 2 unspecified atom stereocenters. The van der Waals surface area contributed by atoms with Crippen LogP contribution >= 0.6 is 0 Å². The molecule has 1 amide bonds. The van der Waals surface area contributed by atoms with E-state index in [2.05, 4.69) is 19.2 Å². The molecule has 1 aliphatic heterocycles. The Bertz CT molecular complexity index is 856. The molecule has 7 nitrogen and oxygen atoms in total. The van der Waals surface area contributed by atoms with Crippen molar-refractivity contribution in [3.05, 3.63) is 35.4 Å². The highest BCUT2D eigenvalue weighted by molar-refractivity contribution is 5.85. The fraction of sp³-hybridized carbons (Fsp3) is 0.724. The number of carboxylic acid groups (broad SMARTS) is 1. The van der Waals surface area contributed by atoms with Crippen LogP contribution in [0.4, 0.5) is 0 Å². The van der Waals surface area contributed by atoms with Gasteiger partial charge in [-0.15, -0.1) is 0 Å². The largest absolute Gasteiger partial charge is 0.831 e. The van der Waals surface area contributed by atoms with Gasteiger partial charge in [0.05, 0.1) is 25.7 Å². The minimum Gasteiger partial charge on any atom is -0.831 e. The van der Waals surface area contributed by atoms with Crippen molar-refractivity contribution >= 4 is 11.9 Å². The number of carboxylic acids is 1. The van der Waals surface area contributed by atoms with Gasteiger partial charge >= 0.3 is 5.97 Å². The molecular weight excluding hydrogens is 458 g/mol. The minimum atomic E-state index is -1.10. The Hall–Kier alpha value is -1.96. The van der Waals surface area contributed by atoms with Gasteiger partial charge in [-0.05, 0) is 79.1 Å². The highest BCUT2D eigenvalue weighted by Gasteiger charge is 2.41. The average molecular weight is 503 g/mol. The van der Waals surface area contributed by atoms with E-state index in [9.17, 15) is 19.8 Å². The molecule has 1 aliphatic carbocycles. The van der Waals surface area contributed by atoms with Crippen molar-refractivity contribution in [3.8, 4) is 0 Å². The predicted molar refractivity (Wildman–Crippen MR) is 136 cm³/mol. The summed E-state index contributed by atoms with van der Waals surface area (Å²) in [6.45, 7) is 11.0. The van der Waals surface area contributed by atoms with Gasteiger partial charge in [-0.1, -0.05) is 58.4 Å². The first-order valence-electron chi connectivity index (χ1n) is 13.6. The van der Waals surface area contributed by atoms with E-state index in [1.54, 1.807) is 13.8 Å². The van der Waals surface area contributed by atoms with E-state index in [4.69, 9.17) is 9.47 Å². The summed E-state index contributed by atoms with van der Waals surface area (Å²) in [7, 11) is 0. The van der Waals surface area contributed by atoms with Crippen LogP contribution in [-0.2, 0) is 32.1 Å². The summed E-state index contributed by atoms with van der Waals surface area (Å²) in [6.07, 6.45) is 3.79. The van der Waals surface area contributed by atoms with Crippen LogP contribution < -0.4 is 10.4 Å². The lowest BCUT2D eigenvalue weighted by atomic mass is 9.62. The quantitative estimate of drug-likeness (QED) is 0.472. The summed E-state index contributed by atoms with van der Waals surface area (Å²) in [5.74, 6) is 0.398. The molecule has 2 N–H and O–H groups in total. The smallest absolute Gasteiger partial charge is 0.326 e. The number of benzene rings is 1. The van der Waals surface area contributed by atoms with E-state index in [0.29, 0.717) is 29.8 Å². The van der Waals surface area contributed by atoms with Crippen molar-refractivity contribution in [2.45, 2.75) is 91.8 Å². The van der Waals surface area contributed by atoms with Crippen LogP contribution in [0.25, 0.3) is 0 Å². The molecule has 1 aromatic carbocycles. The van der Waals surface area contributed by atoms with Gasteiger partial charge in [0.1, 0.15) is 6.04 Å². The average Bonchev–Trinajstić information content (AvgIpc) is 3.03. The number of aliphatic carboxylic acids is 1. The topological polar surface area (TPSA) is 108 Å². The van der Waals surface area contributed by atoms with Crippen molar-refractivity contribution < 1.29 is 29.3 Å². The maximum absolute atomic E-state index is 13.1. The lowest BCUT2D eigenvalue weighted by molar-refractivity contribution is -0.510. The Labute approximate surface area is 216 Å². The second-order valence-electron chi connectivity index (χ2n) is 11.4. The van der Waals surface area contributed by atoms with Crippen LogP contribution in [0.3, 0.4) is 0 Å². The van der Waals surface area contributed by atoms with Gasteiger partial charge in [0, 0.05) is 0 Å². The van der Waals surface area contributed by atoms with Crippen LogP contribution in [-0.4, -0.2) is 42.0 Å². The number of rotatable bonds is 10. The van der Waals surface area contributed by atoms with Crippen LogP contribution in [0, 0.1) is 35.5 Å². The Morgan fingerprint density at radius 1 is 1.06 bits per heavy atom. The monoisotopic (exact) mass is 502 g/mol. The summed E-state index contributed by atoms with van der Waals surface area (Å²) in [4.78, 5) is 23.6. The van der Waals surface area contributed by atoms with Gasteiger partial charge in [0.15, 0.2) is 0 Å². The second-order valence-corrected chi connectivity index (χ2v) is 11.4. The summed E-state index contributed by atoms with van der Waals surface area (Å²) in [6, 6.07) is 6.45. The van der Waals surface area contributed by atoms with Gasteiger partial charge in [-0.3, -0.25) is 4.79 Å². The molecule has 2 fully saturated rings. The van der Waals surface area contributed by atoms with E-state index in [1.807, 2.05) is 31.2 Å². The van der Waals surface area contributed by atoms with Gasteiger partial charge in [-0.25, -0.2) is 4.79 Å². The standard InChI is InChI=1S/C29H44NO6/c1-17(2)27(28(32)33)30-26(31)14-21-8-10-22(11-9-21)15-36-29(34)20(5)24-12-6-18(3)23-13-7-19(4)35-16-25(23)24/h8-11,17-20,23-25,27,29H,6-7,12-16H2,1-5H3,(H,30,31)(H,32,33)/q-1/t18-,19?,20-,23+,24+,25?,27+,29-/m1/s1. The van der Waals surface area contributed by atoms with Crippen molar-refractivity contribution in [2.24, 2.45) is 35.5 Å². The molecule has 0 radical (unpaired) electrons. The Morgan fingerprint density at radius 3 is 2.36 bits per heavy atom. The summed E-state index contributed by atoms with van der Waals surface area (Å²) in [5.41, 5.74) is 1.65. The van der Waals surface area contributed by atoms with Gasteiger partial charge < -0.3 is 25.0 Å². The third-order valence-electron chi connectivity index (χ3n) is 8.42. The summed E-state index contributed by atoms with van der Waals surface area (Å²) < 4.78 is 11.9. The minimum absolute atomic E-state index is 0.0897. The molecule has 0 bridgehead atoms. The molecule has 1 aromatic rings. The van der Waals surface area contributed by atoms with E-state index in [-0.39, 0.29) is 30.8 Å². The van der Waals surface area contributed by atoms with Crippen molar-refractivity contribution in [3.63, 3.8) is 0 Å². The fourth-order valence-corrected chi connectivity index (χ4v) is 6.02. The Kier molecular flexibility index (Phi) is 10.3. The number of amides is 1. The maximum atomic E-state index is 13.1. The lowest BCUT2D eigenvalue weighted by Crippen LogP contribution is -2.46. The van der Waals surface area contributed by atoms with Crippen LogP contribution in [0.15, 0.2) is 24.3 Å². The SMILES string of the molecule is CC1CC[C@@H]2C(CO1)[C@H]([C@@H](C)[C@H]([O-])OCc1ccc(CC(=O)N[C@H](C(=O)O)C(C)C)cc1)CC[C@H]2C. The first kappa shape index (κ1) is 28.6. The Balaban J connectivity index is 1.51. The first-order chi connectivity index (χ1) is 17.1. The van der Waals surface area contributed by atoms with Crippen molar-refractivity contribution in [2.75, 3.05) is 6.61 Å². The molecule has 1 saturated heterocycles. The van der Waals surface area contributed by atoms with Gasteiger partial charge in [-0.2, -0.15) is 0 Å². The Morgan fingerprint density at radius 2 is 1.72 bits per heavy atom. The zero-order valence-corrected chi connectivity index (χ0v) is 22.4. The lowest BCUT2D eigenvalue weighted by Gasteiger charge is -2.46. The van der Waals surface area contributed by atoms with E-state index >= 15 is 0 Å². The third-order valence-corrected chi connectivity index (χ3v) is 8.42. The number of nitrogens with one attached hydrogen (secondary N) is 1. The predicted octanol–water partition coefficient (Wildman–Crippen LogP) is 3.77. The van der Waals surface area contributed by atoms with Crippen LogP contribution in [0.5, 0.6) is 0 Å². The normalized spacial score (nSPS) is 29.0. The van der Waals surface area contributed by atoms with Crippen molar-refractivity contribution in [1.29, 1.82) is 0 Å². The summed E-state index contributed by atoms with van der Waals surface area (Å²) in [5, 5.41) is 24.9. The number of carbonyl (C=O) groups excluding carboxylic acids is 1. The number of fused-ring (bicyclic) bond motifs is 1. The number of hydrogen-bond donors (Lipinski definition) is 2. The highest BCUT2D eigenvalue weighted by atomic mass is 16.6. The molecule has 36 heavy (non-hydrogen) atoms. The van der Waals surface area contributed by atoms with Gasteiger partial charge in [0.25, 0.3) is 0 Å². The first-order valence-corrected chi connectivity index (χ1v) is 13.6. The molecule has 8 atom stereocenters. The number of ether oxygens (including phenoxy) is 2. The molecule has 7 heteroatoms. The zero-order chi connectivity index (χ0) is 26.4. The highest BCUT2D eigenvalue weighted by Crippen LogP contribution is 2.46. The van der Waals surface area contributed by atoms with Crippen LogP contribution in [0.2, 0.25) is 0 Å². The zero-order valence-electron chi connectivity index (χ0n) is 22.4. The van der Waals surface area contributed by atoms with Crippen molar-refractivity contribution in [1.82, 2.24) is 5.32 Å². The second kappa shape index (κ2) is 13.0. The molecule has 3 rings (SSSR count). The maximum Gasteiger partial charge on any atom is 0.326 e. The summed E-state index contributed by atoms with van der Waals surface area (Å²) >= 11 is 0.